The molecule has 0 heterocycles. The van der Waals surface area contributed by atoms with E-state index in [1.54, 1.807) is 0 Å². The fraction of sp³-hybridized carbons (Fsp3) is 0.273. The van der Waals surface area contributed by atoms with E-state index in [0.29, 0.717) is 24.5 Å². The zero-order chi connectivity index (χ0) is 10.6. The third-order valence-corrected chi connectivity index (χ3v) is 2.77. The van der Waals surface area contributed by atoms with Gasteiger partial charge in [0.05, 0.1) is 12.3 Å². The molecule has 0 bridgehead atoms. The Hall–Kier alpha value is -1.14. The molecule has 74 valence electrons. The normalized spacial score (nSPS) is 9.50. The highest BCUT2D eigenvalue weighted by atomic mass is 79.9. The van der Waals surface area contributed by atoms with E-state index in [2.05, 4.69) is 21.9 Å². The maximum atomic E-state index is 5.86. The first-order valence-corrected chi connectivity index (χ1v) is 5.07. The van der Waals surface area contributed by atoms with E-state index in [-0.39, 0.29) is 0 Å². The lowest BCUT2D eigenvalue weighted by molar-refractivity contribution is 0.329. The maximum absolute atomic E-state index is 5.86. The molecule has 0 spiro atoms. The Balaban J connectivity index is 2.79. The molecule has 2 nitrogen and oxygen atoms in total. The molecule has 1 rings (SSSR count). The van der Waals surface area contributed by atoms with Gasteiger partial charge in [0, 0.05) is 10.9 Å². The van der Waals surface area contributed by atoms with Gasteiger partial charge in [-0.2, -0.15) is 0 Å². The molecule has 0 aliphatic heterocycles. The second-order valence-corrected chi connectivity index (χ2v) is 3.74. The molecule has 2 N–H and O–H groups in total. The van der Waals surface area contributed by atoms with E-state index in [1.807, 2.05) is 19.1 Å². The summed E-state index contributed by atoms with van der Waals surface area (Å²) in [6, 6.07) is 3.75. The van der Waals surface area contributed by atoms with E-state index < -0.39 is 0 Å². The molecule has 1 aromatic carbocycles. The van der Waals surface area contributed by atoms with Crippen LogP contribution in [0.2, 0.25) is 0 Å². The minimum absolute atomic E-state index is 0.502. The molecule has 0 saturated heterocycles. The molecular formula is C11H12BrNO. The zero-order valence-electron chi connectivity index (χ0n) is 8.01. The molecule has 0 unspecified atom stereocenters. The van der Waals surface area contributed by atoms with Gasteiger partial charge >= 0.3 is 0 Å². The van der Waals surface area contributed by atoms with Gasteiger partial charge in [-0.3, -0.25) is 0 Å². The van der Waals surface area contributed by atoms with Gasteiger partial charge < -0.3 is 10.5 Å². The number of terminal acetylenes is 1. The Morgan fingerprint density at radius 2 is 2.29 bits per heavy atom. The molecule has 0 aliphatic rings. The van der Waals surface area contributed by atoms with Crippen LogP contribution in [-0.2, 0) is 0 Å². The summed E-state index contributed by atoms with van der Waals surface area (Å²) in [6.07, 6.45) is 5.71. The monoisotopic (exact) mass is 253 g/mol. The van der Waals surface area contributed by atoms with Crippen molar-refractivity contribution in [2.45, 2.75) is 13.3 Å². The summed E-state index contributed by atoms with van der Waals surface area (Å²) >= 11 is 3.39. The molecule has 0 amide bonds. The fourth-order valence-corrected chi connectivity index (χ4v) is 1.37. The lowest BCUT2D eigenvalue weighted by Crippen LogP contribution is -2.01. The van der Waals surface area contributed by atoms with Gasteiger partial charge in [0.25, 0.3) is 0 Å². The van der Waals surface area contributed by atoms with Crippen molar-refractivity contribution in [1.29, 1.82) is 0 Å². The number of anilines is 1. The van der Waals surface area contributed by atoms with E-state index >= 15 is 0 Å². The molecular weight excluding hydrogens is 242 g/mol. The maximum Gasteiger partial charge on any atom is 0.142 e. The van der Waals surface area contributed by atoms with Gasteiger partial charge in [-0.25, -0.2) is 0 Å². The molecule has 0 aromatic heterocycles. The minimum Gasteiger partial charge on any atom is -0.490 e. The molecule has 0 fully saturated rings. The highest BCUT2D eigenvalue weighted by Crippen LogP contribution is 2.30. The number of hydrogen-bond donors (Lipinski definition) is 1. The third kappa shape index (κ3) is 2.43. The van der Waals surface area contributed by atoms with Crippen LogP contribution in [-0.4, -0.2) is 6.61 Å². The number of hydrogen-bond acceptors (Lipinski definition) is 2. The highest BCUT2D eigenvalue weighted by Gasteiger charge is 2.05. The topological polar surface area (TPSA) is 35.2 Å². The van der Waals surface area contributed by atoms with Gasteiger partial charge in [0.15, 0.2) is 0 Å². The van der Waals surface area contributed by atoms with Gasteiger partial charge in [0.1, 0.15) is 5.75 Å². The number of ether oxygens (including phenoxy) is 1. The van der Waals surface area contributed by atoms with Crippen LogP contribution >= 0.6 is 15.9 Å². The number of rotatable bonds is 3. The first kappa shape index (κ1) is 10.9. The quantitative estimate of drug-likeness (QED) is 0.511. The van der Waals surface area contributed by atoms with Gasteiger partial charge in [-0.1, -0.05) is 15.9 Å². The largest absolute Gasteiger partial charge is 0.490 e. The lowest BCUT2D eigenvalue weighted by Gasteiger charge is -2.10. The molecule has 0 saturated carbocycles. The summed E-state index contributed by atoms with van der Waals surface area (Å²) in [4.78, 5) is 0. The van der Waals surface area contributed by atoms with Crippen molar-refractivity contribution >= 4 is 21.6 Å². The zero-order valence-corrected chi connectivity index (χ0v) is 9.60. The average Bonchev–Trinajstić information content (AvgIpc) is 2.18. The minimum atomic E-state index is 0.502. The van der Waals surface area contributed by atoms with E-state index in [0.717, 1.165) is 10.0 Å². The van der Waals surface area contributed by atoms with Crippen molar-refractivity contribution in [3.05, 3.63) is 22.2 Å². The van der Waals surface area contributed by atoms with Crippen LogP contribution in [0, 0.1) is 19.3 Å². The predicted molar refractivity (Wildman–Crippen MR) is 62.2 cm³/mol. The third-order valence-electron chi connectivity index (χ3n) is 1.91. The lowest BCUT2D eigenvalue weighted by atomic mass is 10.2. The number of nitrogens with two attached hydrogens (primary N) is 1. The summed E-state index contributed by atoms with van der Waals surface area (Å²) in [5.41, 5.74) is 7.51. The van der Waals surface area contributed by atoms with Crippen LogP contribution in [0.4, 0.5) is 5.69 Å². The van der Waals surface area contributed by atoms with Crippen LogP contribution in [0.5, 0.6) is 5.75 Å². The summed E-state index contributed by atoms with van der Waals surface area (Å²) in [7, 11) is 0. The van der Waals surface area contributed by atoms with Gasteiger partial charge in [-0.15, -0.1) is 12.3 Å². The van der Waals surface area contributed by atoms with Crippen LogP contribution in [0.3, 0.4) is 0 Å². The summed E-state index contributed by atoms with van der Waals surface area (Å²) < 4.78 is 6.41. The summed E-state index contributed by atoms with van der Waals surface area (Å²) in [5, 5.41) is 0. The standard InChI is InChI=1S/C11H12BrNO/c1-3-4-7-14-10-6-5-9(12)8(2)11(10)13/h1,5-6H,4,7,13H2,2H3. The number of benzene rings is 1. The van der Waals surface area contributed by atoms with Crippen molar-refractivity contribution in [2.75, 3.05) is 12.3 Å². The van der Waals surface area contributed by atoms with Crippen LogP contribution < -0.4 is 10.5 Å². The van der Waals surface area contributed by atoms with Crippen molar-refractivity contribution < 1.29 is 4.74 Å². The van der Waals surface area contributed by atoms with E-state index in [9.17, 15) is 0 Å². The fourth-order valence-electron chi connectivity index (χ4n) is 1.02. The first-order valence-electron chi connectivity index (χ1n) is 4.27. The van der Waals surface area contributed by atoms with Crippen molar-refractivity contribution in [2.24, 2.45) is 0 Å². The smallest absolute Gasteiger partial charge is 0.142 e. The first-order chi connectivity index (χ1) is 6.66. The Morgan fingerprint density at radius 3 is 2.93 bits per heavy atom. The SMILES string of the molecule is C#CCCOc1ccc(Br)c(C)c1N. The highest BCUT2D eigenvalue weighted by molar-refractivity contribution is 9.10. The van der Waals surface area contributed by atoms with Crippen molar-refractivity contribution in [3.8, 4) is 18.1 Å². The Bertz CT molecular complexity index is 368. The van der Waals surface area contributed by atoms with Crippen LogP contribution in [0.15, 0.2) is 16.6 Å². The average molecular weight is 254 g/mol. The second kappa shape index (κ2) is 4.92. The molecule has 0 atom stereocenters. The number of nitrogen functional groups attached to an aromatic ring is 1. The predicted octanol–water partition coefficient (Wildman–Crippen LogP) is 2.74. The molecule has 3 heteroatoms. The van der Waals surface area contributed by atoms with Crippen LogP contribution in [0.1, 0.15) is 12.0 Å². The van der Waals surface area contributed by atoms with E-state index in [1.165, 1.54) is 0 Å². The van der Waals surface area contributed by atoms with Crippen LogP contribution in [0.25, 0.3) is 0 Å². The molecule has 0 radical (unpaired) electrons. The molecule has 0 aliphatic carbocycles. The Kier molecular flexibility index (Phi) is 3.84. The second-order valence-electron chi connectivity index (χ2n) is 2.89. The Labute approximate surface area is 92.6 Å². The number of halogens is 1. The van der Waals surface area contributed by atoms with Gasteiger partial charge in [0.2, 0.25) is 0 Å². The summed E-state index contributed by atoms with van der Waals surface area (Å²) in [5.74, 6) is 3.20. The van der Waals surface area contributed by atoms with Crippen molar-refractivity contribution in [3.63, 3.8) is 0 Å². The Morgan fingerprint density at radius 1 is 1.57 bits per heavy atom. The summed E-state index contributed by atoms with van der Waals surface area (Å²) in [6.45, 7) is 2.44. The van der Waals surface area contributed by atoms with Crippen molar-refractivity contribution in [1.82, 2.24) is 0 Å². The van der Waals surface area contributed by atoms with E-state index in [4.69, 9.17) is 16.9 Å². The van der Waals surface area contributed by atoms with Gasteiger partial charge in [-0.05, 0) is 24.6 Å². The molecule has 1 aromatic rings. The molecule has 14 heavy (non-hydrogen) atoms.